The number of carbonyl (C=O) groups is 1. The van der Waals surface area contributed by atoms with E-state index in [2.05, 4.69) is 6.92 Å². The van der Waals surface area contributed by atoms with Gasteiger partial charge in [-0.25, -0.2) is 0 Å². The van der Waals surface area contributed by atoms with Crippen molar-refractivity contribution in [2.24, 2.45) is 5.73 Å². The van der Waals surface area contributed by atoms with E-state index in [0.717, 1.165) is 24.8 Å². The molecular weight excluding hydrogens is 346 g/mol. The Bertz CT molecular complexity index is 489. The molecule has 0 saturated carbocycles. The molecule has 3 heteroatoms. The lowest BCUT2D eigenvalue weighted by molar-refractivity contribution is -0.150. The maximum atomic E-state index is 12.1. The minimum absolute atomic E-state index is 0.244. The van der Waals surface area contributed by atoms with Crippen LogP contribution in [-0.4, -0.2) is 12.0 Å². The normalized spacial score (nSPS) is 13.2. The van der Waals surface area contributed by atoms with Gasteiger partial charge in [0.1, 0.15) is 12.1 Å². The number of nitrogens with two attached hydrogens (primary N) is 1. The van der Waals surface area contributed by atoms with Gasteiger partial charge in [-0.05, 0) is 18.9 Å². The maximum Gasteiger partial charge on any atom is 0.323 e. The van der Waals surface area contributed by atoms with Crippen LogP contribution in [0.3, 0.4) is 0 Å². The third-order valence-corrected chi connectivity index (χ3v) is 5.48. The van der Waals surface area contributed by atoms with Crippen molar-refractivity contribution in [3.63, 3.8) is 0 Å². The minimum atomic E-state index is -0.501. The van der Waals surface area contributed by atoms with Gasteiger partial charge in [-0.15, -0.1) is 0 Å². The van der Waals surface area contributed by atoms with E-state index in [-0.39, 0.29) is 12.1 Å². The molecule has 0 fully saturated rings. The van der Waals surface area contributed by atoms with Gasteiger partial charge in [0, 0.05) is 0 Å². The lowest BCUT2D eigenvalue weighted by Crippen LogP contribution is -2.32. The van der Waals surface area contributed by atoms with Crippen LogP contribution in [0.1, 0.15) is 115 Å². The molecule has 3 nitrogen and oxygen atoms in total. The highest BCUT2D eigenvalue weighted by Gasteiger charge is 2.18. The van der Waals surface area contributed by atoms with Gasteiger partial charge in [0.2, 0.25) is 0 Å². The lowest BCUT2D eigenvalue weighted by Gasteiger charge is -2.17. The summed E-state index contributed by atoms with van der Waals surface area (Å²) in [5.41, 5.74) is 7.01. The quantitative estimate of drug-likeness (QED) is 0.228. The molecule has 1 rings (SSSR count). The Hall–Kier alpha value is -1.35. The third-order valence-electron chi connectivity index (χ3n) is 5.48. The first-order chi connectivity index (χ1) is 13.6. The van der Waals surface area contributed by atoms with E-state index in [1.807, 2.05) is 37.3 Å². The molecule has 0 bridgehead atoms. The smallest absolute Gasteiger partial charge is 0.323 e. The second kappa shape index (κ2) is 16.6. The van der Waals surface area contributed by atoms with E-state index in [1.165, 1.54) is 70.6 Å². The Morgan fingerprint density at radius 1 is 0.821 bits per heavy atom. The fourth-order valence-corrected chi connectivity index (χ4v) is 3.55. The highest BCUT2D eigenvalue weighted by molar-refractivity contribution is 5.75. The van der Waals surface area contributed by atoms with Crippen LogP contribution < -0.4 is 5.73 Å². The van der Waals surface area contributed by atoms with Crippen LogP contribution >= 0.6 is 0 Å². The number of esters is 1. The van der Waals surface area contributed by atoms with Crippen molar-refractivity contribution in [2.75, 3.05) is 0 Å². The van der Waals surface area contributed by atoms with E-state index in [1.54, 1.807) is 0 Å². The first-order valence-electron chi connectivity index (χ1n) is 11.7. The number of unbranched alkanes of at least 4 members (excludes halogenated alkanes) is 12. The largest absolute Gasteiger partial charge is 0.457 e. The molecule has 0 aliphatic carbocycles. The Morgan fingerprint density at radius 2 is 1.29 bits per heavy atom. The number of benzene rings is 1. The fourth-order valence-electron chi connectivity index (χ4n) is 3.55. The average molecular weight is 390 g/mol. The summed E-state index contributed by atoms with van der Waals surface area (Å²) in [6.07, 6.45) is 17.7. The summed E-state index contributed by atoms with van der Waals surface area (Å²) in [5, 5.41) is 0. The highest BCUT2D eigenvalue weighted by Crippen LogP contribution is 2.18. The topological polar surface area (TPSA) is 52.3 Å². The van der Waals surface area contributed by atoms with Gasteiger partial charge in [-0.1, -0.05) is 121 Å². The predicted molar refractivity (Wildman–Crippen MR) is 119 cm³/mol. The van der Waals surface area contributed by atoms with Crippen LogP contribution in [0.5, 0.6) is 0 Å². The molecule has 160 valence electrons. The molecule has 1 aromatic rings. The van der Waals surface area contributed by atoms with E-state index < -0.39 is 6.04 Å². The van der Waals surface area contributed by atoms with Crippen molar-refractivity contribution in [1.82, 2.24) is 0 Å². The molecule has 2 atom stereocenters. The summed E-state index contributed by atoms with van der Waals surface area (Å²) < 4.78 is 5.50. The van der Waals surface area contributed by atoms with Crippen molar-refractivity contribution in [3.05, 3.63) is 35.9 Å². The molecule has 0 aromatic heterocycles. The molecule has 0 spiro atoms. The van der Waals surface area contributed by atoms with E-state index >= 15 is 0 Å². The Morgan fingerprint density at radius 3 is 1.79 bits per heavy atom. The number of rotatable bonds is 17. The van der Waals surface area contributed by atoms with E-state index in [0.29, 0.717) is 0 Å². The second-order valence-corrected chi connectivity index (χ2v) is 8.13. The van der Waals surface area contributed by atoms with Crippen LogP contribution in [0.25, 0.3) is 0 Å². The van der Waals surface area contributed by atoms with Crippen LogP contribution in [0.4, 0.5) is 0 Å². The Balaban J connectivity index is 1.94. The molecule has 2 N–H and O–H groups in total. The monoisotopic (exact) mass is 389 g/mol. The van der Waals surface area contributed by atoms with Crippen molar-refractivity contribution >= 4 is 5.97 Å². The zero-order chi connectivity index (χ0) is 20.5. The molecule has 2 unspecified atom stereocenters. The molecule has 0 aliphatic rings. The molecule has 0 heterocycles. The van der Waals surface area contributed by atoms with Gasteiger partial charge in [-0.3, -0.25) is 4.79 Å². The van der Waals surface area contributed by atoms with Gasteiger partial charge in [0.05, 0.1) is 0 Å². The maximum absolute atomic E-state index is 12.1. The number of hydrogen-bond donors (Lipinski definition) is 1. The molecule has 1 aromatic carbocycles. The van der Waals surface area contributed by atoms with Gasteiger partial charge in [0.15, 0.2) is 0 Å². The predicted octanol–water partition coefficient (Wildman–Crippen LogP) is 7.10. The summed E-state index contributed by atoms with van der Waals surface area (Å²) in [5.74, 6) is -0.282. The highest BCUT2D eigenvalue weighted by atomic mass is 16.5. The van der Waals surface area contributed by atoms with Gasteiger partial charge in [0.25, 0.3) is 0 Å². The number of ether oxygens (including phenoxy) is 1. The zero-order valence-corrected chi connectivity index (χ0v) is 18.3. The Labute approximate surface area is 173 Å². The van der Waals surface area contributed by atoms with Gasteiger partial charge in [-0.2, -0.15) is 0 Å². The standard InChI is InChI=1S/C25H43NO2/c1-3-4-5-6-7-8-9-10-11-12-13-14-18-21-24(26)25(27)28-22(2)23-19-16-15-17-20-23/h15-17,19-20,22,24H,3-14,18,21,26H2,1-2H3. The van der Waals surface area contributed by atoms with Crippen molar-refractivity contribution in [2.45, 2.75) is 116 Å². The van der Waals surface area contributed by atoms with E-state index in [9.17, 15) is 4.79 Å². The summed E-state index contributed by atoms with van der Waals surface area (Å²) in [6.45, 7) is 4.16. The SMILES string of the molecule is CCCCCCCCCCCCCCCC(N)C(=O)OC(C)c1ccccc1. The Kier molecular flexibility index (Phi) is 14.6. The molecule has 0 aliphatic heterocycles. The molecule has 0 amide bonds. The van der Waals surface area contributed by atoms with Crippen LogP contribution in [0, 0.1) is 0 Å². The zero-order valence-electron chi connectivity index (χ0n) is 18.3. The van der Waals surface area contributed by atoms with Crippen molar-refractivity contribution in [1.29, 1.82) is 0 Å². The van der Waals surface area contributed by atoms with Crippen LogP contribution in [0.2, 0.25) is 0 Å². The second-order valence-electron chi connectivity index (χ2n) is 8.13. The molecule has 0 saturated heterocycles. The van der Waals surface area contributed by atoms with Gasteiger partial charge >= 0.3 is 5.97 Å². The fraction of sp³-hybridized carbons (Fsp3) is 0.720. The average Bonchev–Trinajstić information content (AvgIpc) is 2.71. The van der Waals surface area contributed by atoms with Gasteiger partial charge < -0.3 is 10.5 Å². The molecule has 28 heavy (non-hydrogen) atoms. The summed E-state index contributed by atoms with van der Waals surface area (Å²) in [7, 11) is 0. The number of carbonyl (C=O) groups excluding carboxylic acids is 1. The number of hydrogen-bond acceptors (Lipinski definition) is 3. The summed E-state index contributed by atoms with van der Waals surface area (Å²) in [6, 6.07) is 9.30. The first-order valence-corrected chi connectivity index (χ1v) is 11.7. The van der Waals surface area contributed by atoms with Crippen molar-refractivity contribution < 1.29 is 9.53 Å². The molecule has 0 radical (unpaired) electrons. The first kappa shape index (κ1) is 24.7. The summed E-state index contributed by atoms with van der Waals surface area (Å²) >= 11 is 0. The minimum Gasteiger partial charge on any atom is -0.457 e. The van der Waals surface area contributed by atoms with Crippen LogP contribution in [0.15, 0.2) is 30.3 Å². The van der Waals surface area contributed by atoms with E-state index in [4.69, 9.17) is 10.5 Å². The van der Waals surface area contributed by atoms with Crippen LogP contribution in [-0.2, 0) is 9.53 Å². The third kappa shape index (κ3) is 12.2. The van der Waals surface area contributed by atoms with Crippen molar-refractivity contribution in [3.8, 4) is 0 Å². The molecular formula is C25H43NO2. The lowest BCUT2D eigenvalue weighted by atomic mass is 10.0. The summed E-state index contributed by atoms with van der Waals surface area (Å²) in [4.78, 5) is 12.1.